The lowest BCUT2D eigenvalue weighted by atomic mass is 9.84. The van der Waals surface area contributed by atoms with E-state index < -0.39 is 16.9 Å². The average Bonchev–Trinajstić information content (AvgIpc) is 3.42. The molecule has 3 heterocycles. The van der Waals surface area contributed by atoms with Crippen molar-refractivity contribution in [2.75, 3.05) is 31.6 Å². The Labute approximate surface area is 221 Å². The van der Waals surface area contributed by atoms with Gasteiger partial charge in [0, 0.05) is 36.7 Å². The predicted octanol–water partition coefficient (Wildman–Crippen LogP) is 3.87. The van der Waals surface area contributed by atoms with Crippen LogP contribution in [0.2, 0.25) is 0 Å². The van der Waals surface area contributed by atoms with E-state index in [1.54, 1.807) is 13.0 Å². The van der Waals surface area contributed by atoms with Crippen LogP contribution in [0.15, 0.2) is 18.2 Å². The van der Waals surface area contributed by atoms with Crippen molar-refractivity contribution in [3.8, 4) is 0 Å². The van der Waals surface area contributed by atoms with Gasteiger partial charge in [-0.3, -0.25) is 19.8 Å². The summed E-state index contributed by atoms with van der Waals surface area (Å²) in [5, 5.41) is 22.2. The number of fused-ring (bicyclic) bond motifs is 1. The smallest absolute Gasteiger partial charge is 0.436 e. The molecule has 2 aliphatic rings. The Morgan fingerprint density at radius 1 is 1.25 bits per heavy atom. The number of nitro groups is 1. The van der Waals surface area contributed by atoms with Crippen LogP contribution in [-0.2, 0) is 23.2 Å². The molecule has 1 amide bonds. The number of likely N-dealkylation sites (tertiary alicyclic amines) is 1. The second kappa shape index (κ2) is 12.0. The van der Waals surface area contributed by atoms with Gasteiger partial charge in [-0.2, -0.15) is 5.10 Å². The van der Waals surface area contributed by atoms with Crippen molar-refractivity contribution in [1.82, 2.24) is 20.0 Å². The van der Waals surface area contributed by atoms with Gasteiger partial charge < -0.3 is 15.4 Å². The number of amides is 1. The average molecular weight is 543 g/mol. The standard InChI is InChI=1S/C23H30N6O5.2ClH/c1-4-34-22(31)28-20(17-12-24-14-23(2,3)19(17)26-28)25-21(30)16-8-7-15(11-18(16)29(32)33)13-27-9-5-6-10-27;;/h7-8,11,24H,4-6,9-10,12-14H2,1-3H3,(H,25,30);2*1H. The third-order valence-corrected chi connectivity index (χ3v) is 6.27. The molecule has 0 aliphatic carbocycles. The normalized spacial score (nSPS) is 16.3. The largest absolute Gasteiger partial charge is 0.448 e. The lowest BCUT2D eigenvalue weighted by molar-refractivity contribution is -0.385. The molecule has 0 atom stereocenters. The molecule has 2 N–H and O–H groups in total. The Kier molecular flexibility index (Phi) is 9.84. The Morgan fingerprint density at radius 3 is 2.58 bits per heavy atom. The molecule has 1 aromatic carbocycles. The summed E-state index contributed by atoms with van der Waals surface area (Å²) in [7, 11) is 0. The number of hydrogen-bond acceptors (Lipinski definition) is 8. The van der Waals surface area contributed by atoms with Crippen molar-refractivity contribution in [3.63, 3.8) is 0 Å². The Morgan fingerprint density at radius 2 is 1.94 bits per heavy atom. The van der Waals surface area contributed by atoms with Crippen LogP contribution in [0.4, 0.5) is 16.3 Å². The third-order valence-electron chi connectivity index (χ3n) is 6.27. The van der Waals surface area contributed by atoms with Crippen molar-refractivity contribution < 1.29 is 19.2 Å². The monoisotopic (exact) mass is 542 g/mol. The number of nitro benzene ring substituents is 1. The summed E-state index contributed by atoms with van der Waals surface area (Å²) in [6.07, 6.45) is 1.51. The first-order valence-corrected chi connectivity index (χ1v) is 11.5. The molecule has 36 heavy (non-hydrogen) atoms. The summed E-state index contributed by atoms with van der Waals surface area (Å²) < 4.78 is 6.16. The second-order valence-electron chi connectivity index (χ2n) is 9.32. The van der Waals surface area contributed by atoms with E-state index in [4.69, 9.17) is 4.74 Å². The number of benzene rings is 1. The van der Waals surface area contributed by atoms with E-state index in [1.165, 1.54) is 12.1 Å². The van der Waals surface area contributed by atoms with E-state index in [9.17, 15) is 19.7 Å². The van der Waals surface area contributed by atoms with Crippen LogP contribution in [0.3, 0.4) is 0 Å². The Hall–Kier alpha value is -2.73. The first-order chi connectivity index (χ1) is 16.2. The van der Waals surface area contributed by atoms with Gasteiger partial charge in [0.15, 0.2) is 0 Å². The summed E-state index contributed by atoms with van der Waals surface area (Å²) >= 11 is 0. The van der Waals surface area contributed by atoms with E-state index in [-0.39, 0.29) is 53.9 Å². The minimum absolute atomic E-state index is 0. The lowest BCUT2D eigenvalue weighted by Gasteiger charge is -2.29. The maximum atomic E-state index is 13.2. The molecule has 0 bridgehead atoms. The highest BCUT2D eigenvalue weighted by molar-refractivity contribution is 6.07. The highest BCUT2D eigenvalue weighted by atomic mass is 35.5. The molecule has 0 spiro atoms. The third kappa shape index (κ3) is 5.97. The fraction of sp³-hybridized carbons (Fsp3) is 0.522. The quantitative estimate of drug-likeness (QED) is 0.415. The van der Waals surface area contributed by atoms with Crippen molar-refractivity contribution in [1.29, 1.82) is 0 Å². The van der Waals surface area contributed by atoms with E-state index in [1.807, 2.05) is 13.8 Å². The van der Waals surface area contributed by atoms with Gasteiger partial charge in [-0.15, -0.1) is 29.5 Å². The number of rotatable bonds is 6. The minimum Gasteiger partial charge on any atom is -0.448 e. The van der Waals surface area contributed by atoms with E-state index in [0.29, 0.717) is 30.9 Å². The number of hydrogen-bond donors (Lipinski definition) is 2. The zero-order valence-corrected chi connectivity index (χ0v) is 22.2. The molecular weight excluding hydrogens is 511 g/mol. The molecule has 4 rings (SSSR count). The molecule has 1 saturated heterocycles. The molecule has 2 aromatic rings. The predicted molar refractivity (Wildman–Crippen MR) is 139 cm³/mol. The molecule has 13 heteroatoms. The van der Waals surface area contributed by atoms with Crippen molar-refractivity contribution in [3.05, 3.63) is 50.7 Å². The topological polar surface area (TPSA) is 132 Å². The van der Waals surface area contributed by atoms with E-state index in [0.717, 1.165) is 36.2 Å². The molecular formula is C23H32Cl2N6O5. The van der Waals surface area contributed by atoms with Crippen LogP contribution in [0.5, 0.6) is 0 Å². The number of aromatic nitrogens is 2. The zero-order valence-electron chi connectivity index (χ0n) is 20.5. The highest BCUT2D eigenvalue weighted by Crippen LogP contribution is 2.34. The highest BCUT2D eigenvalue weighted by Gasteiger charge is 2.36. The molecule has 0 unspecified atom stereocenters. The summed E-state index contributed by atoms with van der Waals surface area (Å²) in [6.45, 7) is 9.35. The van der Waals surface area contributed by atoms with Gasteiger partial charge in [0.1, 0.15) is 11.4 Å². The number of halogens is 2. The number of nitrogens with one attached hydrogen (secondary N) is 2. The molecule has 0 radical (unpaired) electrons. The maximum Gasteiger partial charge on any atom is 0.436 e. The van der Waals surface area contributed by atoms with Crippen LogP contribution >= 0.6 is 24.8 Å². The fourth-order valence-corrected chi connectivity index (χ4v) is 4.58. The Balaban J connectivity index is 0.00000228. The molecule has 0 saturated carbocycles. The number of anilines is 1. The molecule has 11 nitrogen and oxygen atoms in total. The van der Waals surface area contributed by atoms with Gasteiger partial charge in [-0.05, 0) is 44.5 Å². The number of carbonyl (C=O) groups is 2. The molecule has 1 aromatic heterocycles. The summed E-state index contributed by atoms with van der Waals surface area (Å²) in [4.78, 5) is 39.3. The van der Waals surface area contributed by atoms with Gasteiger partial charge in [0.05, 0.1) is 17.2 Å². The summed E-state index contributed by atoms with van der Waals surface area (Å²) in [5.74, 6) is -0.523. The SMILES string of the molecule is CCOC(=O)n1nc2c(c1NC(=O)c1ccc(CN3CCCC3)cc1[N+](=O)[O-])CNCC2(C)C.Cl.Cl. The number of carbonyl (C=O) groups excluding carboxylic acids is 2. The second-order valence-corrected chi connectivity index (χ2v) is 9.32. The van der Waals surface area contributed by atoms with Gasteiger partial charge >= 0.3 is 6.09 Å². The molecule has 198 valence electrons. The van der Waals surface area contributed by atoms with Crippen molar-refractivity contribution in [2.45, 2.75) is 52.1 Å². The van der Waals surface area contributed by atoms with Crippen LogP contribution in [-0.4, -0.2) is 57.8 Å². The summed E-state index contributed by atoms with van der Waals surface area (Å²) in [5.41, 5.74) is 1.38. The molecule has 1 fully saturated rings. The first-order valence-electron chi connectivity index (χ1n) is 11.5. The van der Waals surface area contributed by atoms with Crippen LogP contribution in [0.1, 0.15) is 60.8 Å². The van der Waals surface area contributed by atoms with Crippen LogP contribution < -0.4 is 10.6 Å². The van der Waals surface area contributed by atoms with Gasteiger partial charge in [0.2, 0.25) is 0 Å². The van der Waals surface area contributed by atoms with E-state index in [2.05, 4.69) is 20.6 Å². The number of ether oxygens (including phenoxy) is 1. The van der Waals surface area contributed by atoms with Crippen LogP contribution in [0, 0.1) is 10.1 Å². The fourth-order valence-electron chi connectivity index (χ4n) is 4.58. The number of nitrogens with zero attached hydrogens (tertiary/aromatic N) is 4. The minimum atomic E-state index is -0.724. The van der Waals surface area contributed by atoms with Gasteiger partial charge in [0.25, 0.3) is 11.6 Å². The molecule has 2 aliphatic heterocycles. The lowest BCUT2D eigenvalue weighted by Crippen LogP contribution is -2.38. The van der Waals surface area contributed by atoms with Crippen molar-refractivity contribution >= 4 is 48.3 Å². The first kappa shape index (κ1) is 29.5. The van der Waals surface area contributed by atoms with Gasteiger partial charge in [-0.25, -0.2) is 4.79 Å². The zero-order chi connectivity index (χ0) is 24.5. The Bertz CT molecular complexity index is 1130. The van der Waals surface area contributed by atoms with Crippen LogP contribution in [0.25, 0.3) is 0 Å². The maximum absolute atomic E-state index is 13.2. The van der Waals surface area contributed by atoms with E-state index >= 15 is 0 Å². The van der Waals surface area contributed by atoms with Crippen molar-refractivity contribution in [2.24, 2.45) is 0 Å². The summed E-state index contributed by atoms with van der Waals surface area (Å²) in [6, 6.07) is 4.66. The van der Waals surface area contributed by atoms with Gasteiger partial charge in [-0.1, -0.05) is 19.9 Å².